The van der Waals surface area contributed by atoms with Gasteiger partial charge in [0.25, 0.3) is 0 Å². The Morgan fingerprint density at radius 3 is 3.09 bits per heavy atom. The average Bonchev–Trinajstić information content (AvgIpc) is 3.17. The van der Waals surface area contributed by atoms with Crippen molar-refractivity contribution in [2.75, 3.05) is 0 Å². The van der Waals surface area contributed by atoms with Crippen LogP contribution in [-0.2, 0) is 11.2 Å². The molecule has 0 aliphatic carbocycles. The third-order valence-electron chi connectivity index (χ3n) is 3.74. The maximum Gasteiger partial charge on any atom is 0.224 e. The highest BCUT2D eigenvalue weighted by Crippen LogP contribution is 2.19. The van der Waals surface area contributed by atoms with Crippen molar-refractivity contribution in [2.24, 2.45) is 0 Å². The summed E-state index contributed by atoms with van der Waals surface area (Å²) in [7, 11) is 0. The largest absolute Gasteiger partial charge is 0.467 e. The first-order valence-corrected chi connectivity index (χ1v) is 7.55. The number of pyridine rings is 1. The number of hydrogen-bond acceptors (Lipinski definition) is 4. The maximum atomic E-state index is 12.2. The number of aromatic nitrogens is 2. The first-order chi connectivity index (χ1) is 11.1. The number of hydrogen-bond donors (Lipinski definition) is 3. The van der Waals surface area contributed by atoms with Crippen LogP contribution in [-0.4, -0.2) is 27.0 Å². The molecule has 3 heterocycles. The predicted octanol–water partition coefficient (Wildman–Crippen LogP) is 2.33. The number of aliphatic hydroxyl groups is 1. The molecule has 0 spiro atoms. The molecule has 0 fully saturated rings. The van der Waals surface area contributed by atoms with Crippen LogP contribution in [0.1, 0.15) is 30.8 Å². The predicted molar refractivity (Wildman–Crippen MR) is 85.7 cm³/mol. The first-order valence-electron chi connectivity index (χ1n) is 7.55. The van der Waals surface area contributed by atoms with E-state index in [0.29, 0.717) is 12.2 Å². The number of fused-ring (bicyclic) bond motifs is 1. The Morgan fingerprint density at radius 2 is 2.30 bits per heavy atom. The second-order valence-electron chi connectivity index (χ2n) is 5.63. The van der Waals surface area contributed by atoms with Gasteiger partial charge in [0.2, 0.25) is 5.91 Å². The van der Waals surface area contributed by atoms with Gasteiger partial charge in [-0.05, 0) is 36.8 Å². The normalized spacial score (nSPS) is 13.8. The molecule has 3 N–H and O–H groups in total. The lowest BCUT2D eigenvalue weighted by Gasteiger charge is -2.16. The molecule has 2 unspecified atom stereocenters. The summed E-state index contributed by atoms with van der Waals surface area (Å²) < 4.78 is 5.16. The number of amides is 1. The molecule has 0 saturated heterocycles. The molecule has 0 aliphatic rings. The van der Waals surface area contributed by atoms with E-state index in [4.69, 9.17) is 4.42 Å². The van der Waals surface area contributed by atoms with Crippen molar-refractivity contribution in [2.45, 2.75) is 31.9 Å². The number of aliphatic hydroxyl groups excluding tert-OH is 1. The summed E-state index contributed by atoms with van der Waals surface area (Å²) in [6, 6.07) is 7.07. The fourth-order valence-electron chi connectivity index (χ4n) is 2.65. The number of carbonyl (C=O) groups excluding carboxylic acids is 1. The molecule has 120 valence electrons. The monoisotopic (exact) mass is 313 g/mol. The van der Waals surface area contributed by atoms with Gasteiger partial charge >= 0.3 is 0 Å². The maximum absolute atomic E-state index is 12.2. The van der Waals surface area contributed by atoms with Gasteiger partial charge in [-0.1, -0.05) is 0 Å². The van der Waals surface area contributed by atoms with Gasteiger partial charge in [-0.3, -0.25) is 4.79 Å². The Hall–Kier alpha value is -2.60. The van der Waals surface area contributed by atoms with E-state index in [9.17, 15) is 9.90 Å². The molecule has 0 bridgehead atoms. The van der Waals surface area contributed by atoms with Gasteiger partial charge < -0.3 is 19.8 Å². The van der Waals surface area contributed by atoms with E-state index < -0.39 is 6.10 Å². The van der Waals surface area contributed by atoms with E-state index in [1.54, 1.807) is 24.5 Å². The molecule has 23 heavy (non-hydrogen) atoms. The molecule has 0 aromatic carbocycles. The Bertz CT molecular complexity index is 779. The van der Waals surface area contributed by atoms with Gasteiger partial charge in [-0.25, -0.2) is 4.98 Å². The third-order valence-corrected chi connectivity index (χ3v) is 3.74. The number of aromatic amines is 1. The minimum Gasteiger partial charge on any atom is -0.467 e. The number of nitrogens with one attached hydrogen (secondary N) is 2. The van der Waals surface area contributed by atoms with E-state index in [0.717, 1.165) is 16.6 Å². The van der Waals surface area contributed by atoms with Crippen molar-refractivity contribution in [3.8, 4) is 0 Å². The molecule has 3 rings (SSSR count). The molecule has 3 aromatic heterocycles. The van der Waals surface area contributed by atoms with Crippen LogP contribution in [0.5, 0.6) is 0 Å². The highest BCUT2D eigenvalue weighted by molar-refractivity contribution is 5.87. The van der Waals surface area contributed by atoms with Crippen LogP contribution in [0.3, 0.4) is 0 Å². The van der Waals surface area contributed by atoms with Crippen LogP contribution in [0.25, 0.3) is 11.0 Å². The van der Waals surface area contributed by atoms with Crippen LogP contribution in [0.15, 0.2) is 47.3 Å². The van der Waals surface area contributed by atoms with E-state index >= 15 is 0 Å². The smallest absolute Gasteiger partial charge is 0.224 e. The standard InChI is InChI=1S/C17H19N3O3/c1-11(8-14(21)15-5-3-7-23-15)20-16(22)9-12-10-19-17-13(12)4-2-6-18-17/h2-7,10-11,14,21H,8-9H2,1H3,(H,18,19)(H,20,22). The molecule has 2 atom stereocenters. The average molecular weight is 313 g/mol. The molecule has 6 heteroatoms. The molecular formula is C17H19N3O3. The first kappa shape index (κ1) is 15.3. The van der Waals surface area contributed by atoms with Gasteiger partial charge in [0, 0.05) is 30.2 Å². The zero-order valence-electron chi connectivity index (χ0n) is 12.8. The minimum absolute atomic E-state index is 0.0890. The fraction of sp³-hybridized carbons (Fsp3) is 0.294. The molecular weight excluding hydrogens is 294 g/mol. The Kier molecular flexibility index (Phi) is 4.43. The summed E-state index contributed by atoms with van der Waals surface area (Å²) in [6.45, 7) is 1.86. The van der Waals surface area contributed by atoms with E-state index in [-0.39, 0.29) is 18.4 Å². The van der Waals surface area contributed by atoms with Crippen molar-refractivity contribution in [3.63, 3.8) is 0 Å². The van der Waals surface area contributed by atoms with Crippen molar-refractivity contribution >= 4 is 16.9 Å². The number of nitrogens with zero attached hydrogens (tertiary/aromatic N) is 1. The highest BCUT2D eigenvalue weighted by atomic mass is 16.4. The summed E-state index contributed by atoms with van der Waals surface area (Å²) in [5, 5.41) is 13.9. The zero-order chi connectivity index (χ0) is 16.2. The summed E-state index contributed by atoms with van der Waals surface area (Å²) in [6.07, 6.45) is 4.98. The van der Waals surface area contributed by atoms with Gasteiger partial charge in [-0.2, -0.15) is 0 Å². The molecule has 0 saturated carbocycles. The highest BCUT2D eigenvalue weighted by Gasteiger charge is 2.17. The van der Waals surface area contributed by atoms with E-state index in [1.165, 1.54) is 6.26 Å². The topological polar surface area (TPSA) is 91.2 Å². The van der Waals surface area contributed by atoms with Crippen LogP contribution in [0.2, 0.25) is 0 Å². The number of furan rings is 1. The lowest BCUT2D eigenvalue weighted by atomic mass is 10.1. The van der Waals surface area contributed by atoms with E-state index in [1.807, 2.05) is 19.1 Å². The SMILES string of the molecule is CC(CC(O)c1ccco1)NC(=O)Cc1c[nH]c2ncccc12. The number of rotatable bonds is 6. The van der Waals surface area contributed by atoms with Crippen LogP contribution >= 0.6 is 0 Å². The second kappa shape index (κ2) is 6.66. The van der Waals surface area contributed by atoms with Crippen LogP contribution < -0.4 is 5.32 Å². The van der Waals surface area contributed by atoms with Crippen LogP contribution in [0, 0.1) is 0 Å². The lowest BCUT2D eigenvalue weighted by Crippen LogP contribution is -2.34. The Morgan fingerprint density at radius 1 is 1.43 bits per heavy atom. The van der Waals surface area contributed by atoms with Crippen molar-refractivity contribution in [1.29, 1.82) is 0 Å². The van der Waals surface area contributed by atoms with Gasteiger partial charge in [0.15, 0.2) is 0 Å². The van der Waals surface area contributed by atoms with Crippen molar-refractivity contribution in [3.05, 3.63) is 54.2 Å². The Balaban J connectivity index is 1.56. The summed E-state index contributed by atoms with van der Waals surface area (Å²) in [4.78, 5) is 19.4. The fourth-order valence-corrected chi connectivity index (χ4v) is 2.65. The quantitative estimate of drug-likeness (QED) is 0.651. The summed E-state index contributed by atoms with van der Waals surface area (Å²) >= 11 is 0. The van der Waals surface area contributed by atoms with Crippen molar-refractivity contribution < 1.29 is 14.3 Å². The molecule has 3 aromatic rings. The zero-order valence-corrected chi connectivity index (χ0v) is 12.8. The Labute approximate surface area is 133 Å². The molecule has 0 aliphatic heterocycles. The van der Waals surface area contributed by atoms with Crippen molar-refractivity contribution in [1.82, 2.24) is 15.3 Å². The minimum atomic E-state index is -0.724. The van der Waals surface area contributed by atoms with Gasteiger partial charge in [0.1, 0.15) is 17.5 Å². The van der Waals surface area contributed by atoms with E-state index in [2.05, 4.69) is 15.3 Å². The van der Waals surface area contributed by atoms with Gasteiger partial charge in [0.05, 0.1) is 12.7 Å². The number of carbonyl (C=O) groups is 1. The van der Waals surface area contributed by atoms with Gasteiger partial charge in [-0.15, -0.1) is 0 Å². The number of H-pyrrole nitrogens is 1. The molecule has 6 nitrogen and oxygen atoms in total. The third kappa shape index (κ3) is 3.60. The summed E-state index contributed by atoms with van der Waals surface area (Å²) in [5.41, 5.74) is 1.68. The summed E-state index contributed by atoms with van der Waals surface area (Å²) in [5.74, 6) is 0.419. The second-order valence-corrected chi connectivity index (χ2v) is 5.63. The van der Waals surface area contributed by atoms with Crippen LogP contribution in [0.4, 0.5) is 0 Å². The lowest BCUT2D eigenvalue weighted by molar-refractivity contribution is -0.121. The molecule has 1 amide bonds. The molecule has 0 radical (unpaired) electrons.